The Hall–Kier alpha value is -1.03. The largest absolute Gasteiger partial charge is 0.384 e. The summed E-state index contributed by atoms with van der Waals surface area (Å²) in [6.45, 7) is 4.10. The van der Waals surface area contributed by atoms with Gasteiger partial charge in [-0.15, -0.1) is 0 Å². The van der Waals surface area contributed by atoms with E-state index in [1.54, 1.807) is 0 Å². The molecule has 0 radical (unpaired) electrons. The van der Waals surface area contributed by atoms with Crippen molar-refractivity contribution < 1.29 is 0 Å². The van der Waals surface area contributed by atoms with Crippen LogP contribution in [0.1, 0.15) is 18.5 Å². The highest BCUT2D eigenvalue weighted by atomic mass is 79.9. The average molecular weight is 368 g/mol. The van der Waals surface area contributed by atoms with E-state index in [9.17, 15) is 0 Å². The topological polar surface area (TPSA) is 15.3 Å². The van der Waals surface area contributed by atoms with E-state index >= 15 is 0 Å². The summed E-state index contributed by atoms with van der Waals surface area (Å²) in [6.07, 6.45) is 0. The van der Waals surface area contributed by atoms with Crippen LogP contribution in [0.2, 0.25) is 5.02 Å². The summed E-state index contributed by atoms with van der Waals surface area (Å²) in [6, 6.07) is 16.7. The highest BCUT2D eigenvalue weighted by molar-refractivity contribution is 9.10. The van der Waals surface area contributed by atoms with Gasteiger partial charge in [-0.1, -0.05) is 39.7 Å². The SMILES string of the molecule is CC(c1ccc(Cl)cc1)N(C)CCNc1ccc(Br)cc1. The molecule has 0 heterocycles. The van der Waals surface area contributed by atoms with Crippen LogP contribution < -0.4 is 5.32 Å². The molecule has 2 nitrogen and oxygen atoms in total. The summed E-state index contributed by atoms with van der Waals surface area (Å²) in [5.41, 5.74) is 2.43. The van der Waals surface area contributed by atoms with Crippen LogP contribution in [0, 0.1) is 0 Å². The Balaban J connectivity index is 1.82. The normalized spacial score (nSPS) is 12.4. The second kappa shape index (κ2) is 7.83. The van der Waals surface area contributed by atoms with Gasteiger partial charge in [-0.25, -0.2) is 0 Å². The lowest BCUT2D eigenvalue weighted by molar-refractivity contribution is 0.271. The molecule has 4 heteroatoms. The standard InChI is InChI=1S/C17H20BrClN2/c1-13(14-3-7-16(19)8-4-14)21(2)12-11-20-17-9-5-15(18)6-10-17/h3-10,13,20H,11-12H2,1-2H3. The Labute approximate surface area is 140 Å². The van der Waals surface area contributed by atoms with Crippen LogP contribution in [0.4, 0.5) is 5.69 Å². The molecule has 0 saturated carbocycles. The molecule has 112 valence electrons. The third-order valence-electron chi connectivity index (χ3n) is 3.65. The summed E-state index contributed by atoms with van der Waals surface area (Å²) < 4.78 is 1.10. The molecule has 0 aliphatic heterocycles. The fraction of sp³-hybridized carbons (Fsp3) is 0.294. The highest BCUT2D eigenvalue weighted by Gasteiger charge is 2.10. The van der Waals surface area contributed by atoms with Gasteiger partial charge < -0.3 is 5.32 Å². The number of halogens is 2. The molecule has 0 saturated heterocycles. The summed E-state index contributed by atoms with van der Waals surface area (Å²) in [7, 11) is 2.14. The monoisotopic (exact) mass is 366 g/mol. The van der Waals surface area contributed by atoms with Crippen LogP contribution in [-0.4, -0.2) is 25.0 Å². The first-order valence-electron chi connectivity index (χ1n) is 7.01. The van der Waals surface area contributed by atoms with E-state index in [0.29, 0.717) is 6.04 Å². The Bertz CT molecular complexity index is 554. The van der Waals surface area contributed by atoms with Crippen molar-refractivity contribution in [1.82, 2.24) is 4.90 Å². The van der Waals surface area contributed by atoms with Crippen LogP contribution in [0.3, 0.4) is 0 Å². The molecule has 2 rings (SSSR count). The summed E-state index contributed by atoms with van der Waals surface area (Å²) >= 11 is 9.37. The molecule has 0 bridgehead atoms. The van der Waals surface area contributed by atoms with Gasteiger partial charge in [0.2, 0.25) is 0 Å². The van der Waals surface area contributed by atoms with Gasteiger partial charge in [0.15, 0.2) is 0 Å². The third kappa shape index (κ3) is 5.03. The van der Waals surface area contributed by atoms with Crippen molar-refractivity contribution >= 4 is 33.2 Å². The van der Waals surface area contributed by atoms with Gasteiger partial charge in [0.1, 0.15) is 0 Å². The van der Waals surface area contributed by atoms with Crippen LogP contribution >= 0.6 is 27.5 Å². The number of anilines is 1. The Morgan fingerprint density at radius 3 is 2.33 bits per heavy atom. The maximum absolute atomic E-state index is 5.93. The zero-order chi connectivity index (χ0) is 15.2. The second-order valence-electron chi connectivity index (χ2n) is 5.14. The van der Waals surface area contributed by atoms with Crippen molar-refractivity contribution in [2.45, 2.75) is 13.0 Å². The minimum Gasteiger partial charge on any atom is -0.384 e. The first-order valence-corrected chi connectivity index (χ1v) is 8.18. The van der Waals surface area contributed by atoms with Gasteiger partial charge in [0.05, 0.1) is 0 Å². The molecule has 1 N–H and O–H groups in total. The van der Waals surface area contributed by atoms with Gasteiger partial charge in [0, 0.05) is 34.3 Å². The molecule has 0 aromatic heterocycles. The zero-order valence-corrected chi connectivity index (χ0v) is 14.7. The smallest absolute Gasteiger partial charge is 0.0406 e. The van der Waals surface area contributed by atoms with Gasteiger partial charge in [0.25, 0.3) is 0 Å². The van der Waals surface area contributed by atoms with E-state index in [1.165, 1.54) is 5.56 Å². The quantitative estimate of drug-likeness (QED) is 0.754. The number of hydrogen-bond donors (Lipinski definition) is 1. The molecule has 2 aromatic rings. The lowest BCUT2D eigenvalue weighted by atomic mass is 10.1. The first-order chi connectivity index (χ1) is 10.1. The average Bonchev–Trinajstić information content (AvgIpc) is 2.49. The Kier molecular flexibility index (Phi) is 6.09. The van der Waals surface area contributed by atoms with Crippen LogP contribution in [0.5, 0.6) is 0 Å². The van der Waals surface area contributed by atoms with Crippen molar-refractivity contribution in [2.24, 2.45) is 0 Å². The van der Waals surface area contributed by atoms with E-state index in [-0.39, 0.29) is 0 Å². The third-order valence-corrected chi connectivity index (χ3v) is 4.43. The number of hydrogen-bond acceptors (Lipinski definition) is 2. The molecule has 0 spiro atoms. The first kappa shape index (κ1) is 16.3. The lowest BCUT2D eigenvalue weighted by Crippen LogP contribution is -2.28. The maximum atomic E-state index is 5.93. The molecule has 21 heavy (non-hydrogen) atoms. The van der Waals surface area contributed by atoms with Crippen LogP contribution in [0.15, 0.2) is 53.0 Å². The van der Waals surface area contributed by atoms with Crippen LogP contribution in [-0.2, 0) is 0 Å². The van der Waals surface area contributed by atoms with Crippen molar-refractivity contribution in [3.63, 3.8) is 0 Å². The number of nitrogens with one attached hydrogen (secondary N) is 1. The predicted octanol–water partition coefficient (Wildman–Crippen LogP) is 5.21. The molecule has 1 unspecified atom stereocenters. The fourth-order valence-corrected chi connectivity index (χ4v) is 2.52. The molecular formula is C17H20BrClN2. The second-order valence-corrected chi connectivity index (χ2v) is 6.49. The van der Waals surface area contributed by atoms with Crippen molar-refractivity contribution in [3.05, 3.63) is 63.6 Å². The minimum atomic E-state index is 0.369. The Morgan fingerprint density at radius 2 is 1.71 bits per heavy atom. The molecule has 0 amide bonds. The van der Waals surface area contributed by atoms with E-state index < -0.39 is 0 Å². The molecule has 0 aliphatic carbocycles. The zero-order valence-electron chi connectivity index (χ0n) is 12.3. The van der Waals surface area contributed by atoms with E-state index in [1.807, 2.05) is 24.3 Å². The minimum absolute atomic E-state index is 0.369. The molecule has 2 aromatic carbocycles. The summed E-state index contributed by atoms with van der Waals surface area (Å²) in [5.74, 6) is 0. The van der Waals surface area contributed by atoms with Crippen molar-refractivity contribution in [1.29, 1.82) is 0 Å². The molecule has 0 fully saturated rings. The molecule has 1 atom stereocenters. The van der Waals surface area contributed by atoms with E-state index in [2.05, 4.69) is 64.4 Å². The maximum Gasteiger partial charge on any atom is 0.0406 e. The van der Waals surface area contributed by atoms with Gasteiger partial charge >= 0.3 is 0 Å². The lowest BCUT2D eigenvalue weighted by Gasteiger charge is -2.25. The number of likely N-dealkylation sites (N-methyl/N-ethyl adjacent to an activating group) is 1. The Morgan fingerprint density at radius 1 is 1.10 bits per heavy atom. The van der Waals surface area contributed by atoms with Crippen molar-refractivity contribution in [2.75, 3.05) is 25.5 Å². The van der Waals surface area contributed by atoms with E-state index in [4.69, 9.17) is 11.6 Å². The van der Waals surface area contributed by atoms with Gasteiger partial charge in [-0.05, 0) is 55.9 Å². The number of nitrogens with zero attached hydrogens (tertiary/aromatic N) is 1. The number of rotatable bonds is 6. The molecule has 0 aliphatic rings. The van der Waals surface area contributed by atoms with E-state index in [0.717, 1.165) is 28.3 Å². The summed E-state index contributed by atoms with van der Waals surface area (Å²) in [4.78, 5) is 2.33. The van der Waals surface area contributed by atoms with Crippen LogP contribution in [0.25, 0.3) is 0 Å². The molecular weight excluding hydrogens is 348 g/mol. The van der Waals surface area contributed by atoms with Gasteiger partial charge in [-0.3, -0.25) is 4.90 Å². The number of benzene rings is 2. The highest BCUT2D eigenvalue weighted by Crippen LogP contribution is 2.20. The fourth-order valence-electron chi connectivity index (χ4n) is 2.13. The predicted molar refractivity (Wildman–Crippen MR) is 95.1 cm³/mol. The van der Waals surface area contributed by atoms with Crippen molar-refractivity contribution in [3.8, 4) is 0 Å². The summed E-state index contributed by atoms with van der Waals surface area (Å²) in [5, 5.41) is 4.22. The van der Waals surface area contributed by atoms with Gasteiger partial charge in [-0.2, -0.15) is 0 Å².